The Bertz CT molecular complexity index is 765. The molecule has 27 heavy (non-hydrogen) atoms. The van der Waals surface area contributed by atoms with Crippen molar-refractivity contribution in [2.24, 2.45) is 5.92 Å². The zero-order valence-corrected chi connectivity index (χ0v) is 15.2. The molecule has 2 N–H and O–H groups in total. The molecule has 2 aliphatic rings. The number of nitrogens with zero attached hydrogens (tertiary/aromatic N) is 1. The van der Waals surface area contributed by atoms with Crippen LogP contribution < -0.4 is 10.6 Å². The number of urea groups is 1. The summed E-state index contributed by atoms with van der Waals surface area (Å²) < 4.78 is 27.6. The smallest absolute Gasteiger partial charge is 0.325 e. The average Bonchev–Trinajstić information content (AvgIpc) is 2.87. The summed E-state index contributed by atoms with van der Waals surface area (Å²) in [5, 5.41) is 5.14. The fraction of sp³-hybridized carbons (Fsp3) is 0.526. The molecule has 1 saturated heterocycles. The van der Waals surface area contributed by atoms with E-state index in [9.17, 15) is 23.2 Å². The molecule has 1 saturated carbocycles. The molecular weight excluding hydrogens is 356 g/mol. The number of halogens is 2. The van der Waals surface area contributed by atoms with Gasteiger partial charge < -0.3 is 10.6 Å². The van der Waals surface area contributed by atoms with Crippen LogP contribution in [0.3, 0.4) is 0 Å². The third kappa shape index (κ3) is 3.94. The van der Waals surface area contributed by atoms with Gasteiger partial charge in [-0.15, -0.1) is 0 Å². The molecule has 1 atom stereocenters. The number of hydrogen-bond donors (Lipinski definition) is 2. The van der Waals surface area contributed by atoms with Crippen molar-refractivity contribution in [1.82, 2.24) is 15.5 Å². The first-order valence-corrected chi connectivity index (χ1v) is 9.17. The minimum absolute atomic E-state index is 0.272. The van der Waals surface area contributed by atoms with E-state index < -0.39 is 41.6 Å². The molecule has 3 rings (SSSR count). The van der Waals surface area contributed by atoms with Gasteiger partial charge in [0.25, 0.3) is 5.91 Å². The molecule has 8 heteroatoms. The quantitative estimate of drug-likeness (QED) is 0.772. The summed E-state index contributed by atoms with van der Waals surface area (Å²) in [5.41, 5.74) is -2.03. The van der Waals surface area contributed by atoms with E-state index in [-0.39, 0.29) is 5.56 Å². The lowest BCUT2D eigenvalue weighted by Gasteiger charge is -2.23. The van der Waals surface area contributed by atoms with Crippen molar-refractivity contribution in [1.29, 1.82) is 0 Å². The normalized spacial score (nSPS) is 23.4. The maximum atomic E-state index is 14.1. The second-order valence-electron chi connectivity index (χ2n) is 7.38. The Morgan fingerprint density at radius 1 is 1.26 bits per heavy atom. The molecule has 2 fully saturated rings. The van der Waals surface area contributed by atoms with Gasteiger partial charge in [-0.05, 0) is 43.9 Å². The molecule has 1 aliphatic heterocycles. The van der Waals surface area contributed by atoms with Gasteiger partial charge in [0, 0.05) is 12.1 Å². The monoisotopic (exact) mass is 379 g/mol. The number of carbonyl (C=O) groups is 3. The van der Waals surface area contributed by atoms with Crippen molar-refractivity contribution in [3.63, 3.8) is 0 Å². The number of carbonyl (C=O) groups excluding carboxylic acids is 3. The van der Waals surface area contributed by atoms with Crippen molar-refractivity contribution in [3.8, 4) is 0 Å². The van der Waals surface area contributed by atoms with Crippen molar-refractivity contribution in [2.45, 2.75) is 44.6 Å². The second kappa shape index (κ2) is 7.62. The van der Waals surface area contributed by atoms with Gasteiger partial charge in [0.15, 0.2) is 0 Å². The fourth-order valence-corrected chi connectivity index (χ4v) is 3.75. The van der Waals surface area contributed by atoms with Crippen LogP contribution in [0.2, 0.25) is 0 Å². The van der Waals surface area contributed by atoms with E-state index in [4.69, 9.17) is 0 Å². The lowest BCUT2D eigenvalue weighted by Crippen LogP contribution is -2.44. The summed E-state index contributed by atoms with van der Waals surface area (Å²) in [6.07, 6.45) is 5.61. The summed E-state index contributed by atoms with van der Waals surface area (Å²) in [7, 11) is 0. The van der Waals surface area contributed by atoms with Gasteiger partial charge in [0.1, 0.15) is 23.7 Å². The van der Waals surface area contributed by atoms with Gasteiger partial charge in [0.05, 0.1) is 0 Å². The molecule has 4 amide bonds. The predicted molar refractivity (Wildman–Crippen MR) is 93.5 cm³/mol. The Balaban J connectivity index is 1.66. The minimum Gasteiger partial charge on any atom is -0.354 e. The molecule has 1 aromatic carbocycles. The lowest BCUT2D eigenvalue weighted by molar-refractivity contribution is -0.135. The third-order valence-electron chi connectivity index (χ3n) is 5.36. The highest BCUT2D eigenvalue weighted by Crippen LogP contribution is 2.31. The molecule has 0 unspecified atom stereocenters. The lowest BCUT2D eigenvalue weighted by atomic mass is 9.89. The third-order valence-corrected chi connectivity index (χ3v) is 5.36. The van der Waals surface area contributed by atoms with E-state index >= 15 is 0 Å². The van der Waals surface area contributed by atoms with Crippen LogP contribution in [0.1, 0.15) is 44.6 Å². The van der Waals surface area contributed by atoms with Crippen LogP contribution in [0.4, 0.5) is 13.6 Å². The van der Waals surface area contributed by atoms with Gasteiger partial charge in [-0.1, -0.05) is 19.3 Å². The number of hydrogen-bond acceptors (Lipinski definition) is 3. The van der Waals surface area contributed by atoms with Crippen LogP contribution in [0.15, 0.2) is 18.2 Å². The van der Waals surface area contributed by atoms with E-state index in [1.807, 2.05) is 0 Å². The van der Waals surface area contributed by atoms with Crippen LogP contribution in [0.5, 0.6) is 0 Å². The largest absolute Gasteiger partial charge is 0.354 e. The van der Waals surface area contributed by atoms with Gasteiger partial charge in [-0.25, -0.2) is 13.6 Å². The van der Waals surface area contributed by atoms with Gasteiger partial charge in [-0.2, -0.15) is 0 Å². The Kier molecular flexibility index (Phi) is 5.43. The zero-order chi connectivity index (χ0) is 19.6. The van der Waals surface area contributed by atoms with E-state index in [1.54, 1.807) is 0 Å². The average molecular weight is 379 g/mol. The molecule has 1 aliphatic carbocycles. The van der Waals surface area contributed by atoms with Crippen LogP contribution in [-0.4, -0.2) is 35.8 Å². The highest BCUT2D eigenvalue weighted by atomic mass is 19.1. The minimum atomic E-state index is -1.76. The molecule has 0 bridgehead atoms. The summed E-state index contributed by atoms with van der Waals surface area (Å²) in [6.45, 7) is 1.35. The topological polar surface area (TPSA) is 78.5 Å². The van der Waals surface area contributed by atoms with E-state index in [1.165, 1.54) is 13.3 Å². The number of amides is 4. The van der Waals surface area contributed by atoms with Crippen molar-refractivity contribution >= 4 is 17.8 Å². The van der Waals surface area contributed by atoms with Crippen LogP contribution in [0.25, 0.3) is 0 Å². The van der Waals surface area contributed by atoms with E-state index in [0.717, 1.165) is 48.8 Å². The van der Waals surface area contributed by atoms with Gasteiger partial charge in [0.2, 0.25) is 5.91 Å². The summed E-state index contributed by atoms with van der Waals surface area (Å²) in [6, 6.07) is 1.90. The Morgan fingerprint density at radius 2 is 1.96 bits per heavy atom. The van der Waals surface area contributed by atoms with Gasteiger partial charge >= 0.3 is 6.03 Å². The number of benzene rings is 1. The van der Waals surface area contributed by atoms with E-state index in [0.29, 0.717) is 12.5 Å². The molecule has 1 aromatic rings. The van der Waals surface area contributed by atoms with Crippen LogP contribution in [-0.2, 0) is 15.1 Å². The molecule has 1 heterocycles. The summed E-state index contributed by atoms with van der Waals surface area (Å²) >= 11 is 0. The standard InChI is InChI=1S/C19H23F2N3O3/c1-19(14-9-13(20)7-8-15(14)21)17(26)24(18(27)23-19)11-16(25)22-10-12-5-3-2-4-6-12/h7-9,12H,2-6,10-11H2,1H3,(H,22,25)(H,23,27)/t19-/m1/s1. The molecule has 0 spiro atoms. The zero-order valence-electron chi connectivity index (χ0n) is 15.2. The highest BCUT2D eigenvalue weighted by Gasteiger charge is 2.50. The number of imide groups is 1. The van der Waals surface area contributed by atoms with Gasteiger partial charge in [-0.3, -0.25) is 14.5 Å². The highest BCUT2D eigenvalue weighted by molar-refractivity contribution is 6.09. The Hall–Kier alpha value is -2.51. The predicted octanol–water partition coefficient (Wildman–Crippen LogP) is 2.43. The number of nitrogens with one attached hydrogen (secondary N) is 2. The number of rotatable bonds is 5. The second-order valence-corrected chi connectivity index (χ2v) is 7.38. The van der Waals surface area contributed by atoms with Crippen LogP contribution >= 0.6 is 0 Å². The molecule has 0 aromatic heterocycles. The van der Waals surface area contributed by atoms with Crippen molar-refractivity contribution in [3.05, 3.63) is 35.4 Å². The van der Waals surface area contributed by atoms with Crippen molar-refractivity contribution in [2.75, 3.05) is 13.1 Å². The Morgan fingerprint density at radius 3 is 2.67 bits per heavy atom. The molecule has 6 nitrogen and oxygen atoms in total. The SMILES string of the molecule is C[C@]1(c2cc(F)ccc2F)NC(=O)N(CC(=O)NCC2CCCCC2)C1=O. The fourth-order valence-electron chi connectivity index (χ4n) is 3.75. The molecular formula is C19H23F2N3O3. The first-order chi connectivity index (χ1) is 12.8. The maximum Gasteiger partial charge on any atom is 0.325 e. The van der Waals surface area contributed by atoms with Crippen molar-refractivity contribution < 1.29 is 23.2 Å². The summed E-state index contributed by atoms with van der Waals surface area (Å²) in [4.78, 5) is 37.8. The first kappa shape index (κ1) is 19.3. The van der Waals surface area contributed by atoms with Crippen LogP contribution in [0, 0.1) is 17.6 Å². The summed E-state index contributed by atoms with van der Waals surface area (Å²) in [5.74, 6) is -2.36. The van der Waals surface area contributed by atoms with E-state index in [2.05, 4.69) is 10.6 Å². The Labute approximate surface area is 156 Å². The first-order valence-electron chi connectivity index (χ1n) is 9.17. The maximum absolute atomic E-state index is 14.1. The molecule has 0 radical (unpaired) electrons. The molecule has 146 valence electrons.